The van der Waals surface area contributed by atoms with Gasteiger partial charge in [0, 0.05) is 23.2 Å². The quantitative estimate of drug-likeness (QED) is 0.494. The second-order valence-corrected chi connectivity index (χ2v) is 6.66. The Labute approximate surface area is 131 Å². The molecule has 1 rings (SSSR count). The highest BCUT2D eigenvalue weighted by Gasteiger charge is 2.35. The van der Waals surface area contributed by atoms with Crippen LogP contribution in [-0.2, 0) is 9.53 Å². The highest BCUT2D eigenvalue weighted by atomic mass is 32.2. The van der Waals surface area contributed by atoms with E-state index in [1.165, 1.54) is 18.9 Å². The molecule has 0 saturated heterocycles. The third-order valence-corrected chi connectivity index (χ3v) is 4.51. The number of nitrogens with one attached hydrogen (secondary N) is 1. The summed E-state index contributed by atoms with van der Waals surface area (Å²) in [7, 11) is 1.41. The van der Waals surface area contributed by atoms with Crippen LogP contribution in [0.15, 0.2) is 5.16 Å². The molecule has 1 unspecified atom stereocenters. The molecular weight excluding hydrogens is 286 g/mol. The van der Waals surface area contributed by atoms with Crippen LogP contribution in [0, 0.1) is 20.8 Å². The van der Waals surface area contributed by atoms with Crippen molar-refractivity contribution < 1.29 is 9.53 Å². The Kier molecular flexibility index (Phi) is 6.16. The molecule has 6 heteroatoms. The summed E-state index contributed by atoms with van der Waals surface area (Å²) in [5.74, 6) is 0.240. The molecular formula is C15H25N3O2S. The zero-order valence-corrected chi connectivity index (χ0v) is 14.7. The predicted octanol–water partition coefficient (Wildman–Crippen LogP) is 2.42. The molecule has 0 amide bonds. The monoisotopic (exact) mass is 311 g/mol. The Morgan fingerprint density at radius 3 is 2.24 bits per heavy atom. The van der Waals surface area contributed by atoms with Gasteiger partial charge in [0.05, 0.1) is 7.11 Å². The zero-order chi connectivity index (χ0) is 16.2. The van der Waals surface area contributed by atoms with E-state index in [4.69, 9.17) is 4.74 Å². The summed E-state index contributed by atoms with van der Waals surface area (Å²) in [6.07, 6.45) is 0. The Hall–Kier alpha value is -1.14. The van der Waals surface area contributed by atoms with Crippen LogP contribution >= 0.6 is 11.8 Å². The van der Waals surface area contributed by atoms with Crippen molar-refractivity contribution in [2.24, 2.45) is 0 Å². The highest BCUT2D eigenvalue weighted by Crippen LogP contribution is 2.23. The van der Waals surface area contributed by atoms with Gasteiger partial charge in [0.2, 0.25) is 0 Å². The Balaban J connectivity index is 2.89. The van der Waals surface area contributed by atoms with Gasteiger partial charge in [-0.05, 0) is 47.1 Å². The van der Waals surface area contributed by atoms with E-state index in [-0.39, 0.29) is 12.0 Å². The molecule has 1 heterocycles. The lowest BCUT2D eigenvalue weighted by Gasteiger charge is -2.29. The number of aromatic nitrogens is 2. The number of methoxy groups -OCH3 is 1. The van der Waals surface area contributed by atoms with Crippen molar-refractivity contribution >= 4 is 17.7 Å². The van der Waals surface area contributed by atoms with Crippen molar-refractivity contribution in [1.29, 1.82) is 0 Å². The number of hydrogen-bond donors (Lipinski definition) is 1. The van der Waals surface area contributed by atoms with Gasteiger partial charge < -0.3 is 4.74 Å². The molecule has 0 spiro atoms. The van der Waals surface area contributed by atoms with Gasteiger partial charge in [0.1, 0.15) is 5.54 Å². The van der Waals surface area contributed by atoms with E-state index >= 15 is 0 Å². The number of hydrogen-bond acceptors (Lipinski definition) is 6. The highest BCUT2D eigenvalue weighted by molar-refractivity contribution is 7.99. The van der Waals surface area contributed by atoms with Crippen LogP contribution in [0.5, 0.6) is 0 Å². The second kappa shape index (κ2) is 7.22. The third kappa shape index (κ3) is 4.68. The summed E-state index contributed by atoms with van der Waals surface area (Å²) < 4.78 is 4.92. The van der Waals surface area contributed by atoms with Gasteiger partial charge in [0.15, 0.2) is 5.16 Å². The Morgan fingerprint density at radius 2 is 1.81 bits per heavy atom. The van der Waals surface area contributed by atoms with E-state index in [0.717, 1.165) is 17.0 Å². The number of thioether (sulfide) groups is 1. The van der Waals surface area contributed by atoms with Gasteiger partial charge >= 0.3 is 5.97 Å². The first-order valence-electron chi connectivity index (χ1n) is 7.00. The molecule has 5 nitrogen and oxygen atoms in total. The fourth-order valence-electron chi connectivity index (χ4n) is 2.04. The van der Waals surface area contributed by atoms with Crippen LogP contribution < -0.4 is 5.32 Å². The first kappa shape index (κ1) is 17.9. The van der Waals surface area contributed by atoms with Gasteiger partial charge in [-0.15, -0.1) is 0 Å². The normalized spacial score (nSPS) is 14.1. The molecule has 0 aliphatic heterocycles. The van der Waals surface area contributed by atoms with E-state index in [9.17, 15) is 4.79 Å². The van der Waals surface area contributed by atoms with Gasteiger partial charge in [-0.3, -0.25) is 10.1 Å². The maximum atomic E-state index is 12.0. The summed E-state index contributed by atoms with van der Waals surface area (Å²) in [5.41, 5.74) is 2.29. The van der Waals surface area contributed by atoms with E-state index in [0.29, 0.717) is 10.9 Å². The maximum Gasteiger partial charge on any atom is 0.326 e. The van der Waals surface area contributed by atoms with Gasteiger partial charge in [-0.1, -0.05) is 11.8 Å². The zero-order valence-electron chi connectivity index (χ0n) is 13.9. The Bertz CT molecular complexity index is 497. The average molecular weight is 311 g/mol. The first-order chi connectivity index (χ1) is 9.69. The molecule has 0 aliphatic rings. The van der Waals surface area contributed by atoms with Crippen molar-refractivity contribution in [3.8, 4) is 0 Å². The van der Waals surface area contributed by atoms with Crippen molar-refractivity contribution in [3.05, 3.63) is 17.0 Å². The van der Waals surface area contributed by atoms with Crippen molar-refractivity contribution in [2.75, 3.05) is 12.9 Å². The molecule has 0 aromatic carbocycles. The molecule has 0 saturated carbocycles. The van der Waals surface area contributed by atoms with Crippen molar-refractivity contribution in [1.82, 2.24) is 15.3 Å². The number of nitrogens with zero attached hydrogens (tertiary/aromatic N) is 2. The number of rotatable bonds is 6. The van der Waals surface area contributed by atoms with Crippen LogP contribution in [0.3, 0.4) is 0 Å². The molecule has 1 aromatic rings. The summed E-state index contributed by atoms with van der Waals surface area (Å²) in [4.78, 5) is 21.0. The SMILES string of the molecule is COC(=O)C(C)(CSc1nc(C)c(C)c(C)n1)NC(C)C. The predicted molar refractivity (Wildman–Crippen MR) is 85.7 cm³/mol. The second-order valence-electron chi connectivity index (χ2n) is 5.71. The minimum atomic E-state index is -0.760. The summed E-state index contributed by atoms with van der Waals surface area (Å²) in [6, 6.07) is 0.178. The lowest BCUT2D eigenvalue weighted by atomic mass is 10.0. The van der Waals surface area contributed by atoms with Gasteiger partial charge in [-0.2, -0.15) is 0 Å². The van der Waals surface area contributed by atoms with Gasteiger partial charge in [0.25, 0.3) is 0 Å². The Morgan fingerprint density at radius 1 is 1.29 bits per heavy atom. The largest absolute Gasteiger partial charge is 0.468 e. The van der Waals surface area contributed by atoms with E-state index in [1.54, 1.807) is 0 Å². The van der Waals surface area contributed by atoms with Crippen LogP contribution in [0.4, 0.5) is 0 Å². The van der Waals surface area contributed by atoms with Crippen LogP contribution in [0.2, 0.25) is 0 Å². The molecule has 1 N–H and O–H groups in total. The molecule has 0 aliphatic carbocycles. The fraction of sp³-hybridized carbons (Fsp3) is 0.667. The number of carbonyl (C=O) groups excluding carboxylic acids is 1. The standard InChI is InChI=1S/C15H25N3O2S/c1-9(2)18-15(6,13(19)20-7)8-21-14-16-11(4)10(3)12(5)17-14/h9,18H,8H2,1-7H3. The van der Waals surface area contributed by atoms with Crippen LogP contribution in [0.1, 0.15) is 37.7 Å². The van der Waals surface area contributed by atoms with Crippen LogP contribution in [0.25, 0.3) is 0 Å². The smallest absolute Gasteiger partial charge is 0.326 e. The number of ether oxygens (including phenoxy) is 1. The number of aryl methyl sites for hydroxylation is 2. The number of esters is 1. The topological polar surface area (TPSA) is 64.1 Å². The van der Waals surface area contributed by atoms with Crippen molar-refractivity contribution in [2.45, 2.75) is 58.3 Å². The molecule has 0 radical (unpaired) electrons. The maximum absolute atomic E-state index is 12.0. The molecule has 1 atom stereocenters. The average Bonchev–Trinajstić information content (AvgIpc) is 2.40. The fourth-order valence-corrected chi connectivity index (χ4v) is 3.06. The lowest BCUT2D eigenvalue weighted by molar-refractivity contribution is -0.147. The summed E-state index contributed by atoms with van der Waals surface area (Å²) >= 11 is 1.46. The first-order valence-corrected chi connectivity index (χ1v) is 7.99. The van der Waals surface area contributed by atoms with Gasteiger partial charge in [-0.25, -0.2) is 9.97 Å². The van der Waals surface area contributed by atoms with Crippen LogP contribution in [-0.4, -0.2) is 40.4 Å². The molecule has 0 bridgehead atoms. The molecule has 118 valence electrons. The molecule has 21 heavy (non-hydrogen) atoms. The van der Waals surface area contributed by atoms with Crippen molar-refractivity contribution in [3.63, 3.8) is 0 Å². The molecule has 0 fully saturated rings. The lowest BCUT2D eigenvalue weighted by Crippen LogP contribution is -2.54. The van der Waals surface area contributed by atoms with E-state index < -0.39 is 5.54 Å². The summed E-state index contributed by atoms with van der Waals surface area (Å²) in [5, 5.41) is 3.96. The van der Waals surface area contributed by atoms with E-state index in [2.05, 4.69) is 15.3 Å². The summed E-state index contributed by atoms with van der Waals surface area (Å²) in [6.45, 7) is 11.8. The molecule has 1 aromatic heterocycles. The minimum absolute atomic E-state index is 0.178. The number of carbonyl (C=O) groups is 1. The minimum Gasteiger partial charge on any atom is -0.468 e. The van der Waals surface area contributed by atoms with E-state index in [1.807, 2.05) is 41.5 Å². The third-order valence-electron chi connectivity index (χ3n) is 3.35.